The van der Waals surface area contributed by atoms with Gasteiger partial charge in [0.05, 0.1) is 17.6 Å². The van der Waals surface area contributed by atoms with Gasteiger partial charge >= 0.3 is 0 Å². The van der Waals surface area contributed by atoms with E-state index < -0.39 is 0 Å². The molecule has 0 radical (unpaired) electrons. The number of hydrogen-bond donors (Lipinski definition) is 2. The molecule has 3 N–H and O–H groups in total. The molecular weight excluding hydrogens is 240 g/mol. The molecule has 0 fully saturated rings. The Morgan fingerprint density at radius 3 is 2.68 bits per heavy atom. The molecule has 0 amide bonds. The molecule has 2 aromatic rings. The first kappa shape index (κ1) is 13.5. The van der Waals surface area contributed by atoms with Crippen LogP contribution >= 0.6 is 0 Å². The summed E-state index contributed by atoms with van der Waals surface area (Å²) >= 11 is 0. The lowest BCUT2D eigenvalue weighted by Gasteiger charge is -2.10. The Hall–Kier alpha value is -1.98. The average molecular weight is 262 g/mol. The molecule has 2 aromatic heterocycles. The van der Waals surface area contributed by atoms with Crippen LogP contribution in [-0.4, -0.2) is 19.6 Å². The summed E-state index contributed by atoms with van der Waals surface area (Å²) in [4.78, 5) is 0. The highest BCUT2D eigenvalue weighted by molar-refractivity contribution is 5.64. The molecule has 6 heteroatoms. The van der Waals surface area contributed by atoms with Crippen molar-refractivity contribution >= 4 is 11.5 Å². The molecule has 104 valence electrons. The smallest absolute Gasteiger partial charge is 0.148 e. The van der Waals surface area contributed by atoms with Gasteiger partial charge in [0.2, 0.25) is 0 Å². The van der Waals surface area contributed by atoms with Crippen LogP contribution < -0.4 is 11.1 Å². The van der Waals surface area contributed by atoms with Gasteiger partial charge in [-0.1, -0.05) is 6.92 Å². The quantitative estimate of drug-likeness (QED) is 0.862. The van der Waals surface area contributed by atoms with E-state index in [1.165, 1.54) is 5.56 Å². The third-order valence-electron chi connectivity index (χ3n) is 3.39. The van der Waals surface area contributed by atoms with Crippen molar-refractivity contribution in [3.8, 4) is 0 Å². The lowest BCUT2D eigenvalue weighted by atomic mass is 10.2. The van der Waals surface area contributed by atoms with E-state index in [0.29, 0.717) is 6.54 Å². The molecule has 0 aliphatic heterocycles. The first-order valence-corrected chi connectivity index (χ1v) is 6.58. The van der Waals surface area contributed by atoms with Gasteiger partial charge in [0, 0.05) is 31.4 Å². The summed E-state index contributed by atoms with van der Waals surface area (Å²) in [6.07, 6.45) is 2.91. The Morgan fingerprint density at radius 1 is 1.37 bits per heavy atom. The van der Waals surface area contributed by atoms with Crippen molar-refractivity contribution in [2.75, 3.05) is 11.1 Å². The first-order valence-electron chi connectivity index (χ1n) is 6.58. The number of rotatable bonds is 5. The fourth-order valence-corrected chi connectivity index (χ4v) is 2.05. The van der Waals surface area contributed by atoms with E-state index in [4.69, 9.17) is 5.73 Å². The fraction of sp³-hybridized carbons (Fsp3) is 0.538. The van der Waals surface area contributed by atoms with Crippen LogP contribution in [0.5, 0.6) is 0 Å². The van der Waals surface area contributed by atoms with E-state index in [9.17, 15) is 0 Å². The highest BCUT2D eigenvalue weighted by Crippen LogP contribution is 2.23. The minimum Gasteiger partial charge on any atom is -0.394 e. The van der Waals surface area contributed by atoms with Gasteiger partial charge in [-0.05, 0) is 20.3 Å². The second kappa shape index (κ2) is 5.34. The van der Waals surface area contributed by atoms with Crippen LogP contribution in [0.4, 0.5) is 11.5 Å². The maximum Gasteiger partial charge on any atom is 0.148 e. The summed E-state index contributed by atoms with van der Waals surface area (Å²) in [5.41, 5.74) is 10.0. The lowest BCUT2D eigenvalue weighted by molar-refractivity contribution is 0.602. The summed E-state index contributed by atoms with van der Waals surface area (Å²) in [6, 6.07) is 0. The van der Waals surface area contributed by atoms with Gasteiger partial charge in [0.1, 0.15) is 5.82 Å². The number of nitrogens with one attached hydrogen (secondary N) is 1. The van der Waals surface area contributed by atoms with Crippen LogP contribution in [0.3, 0.4) is 0 Å². The molecule has 0 unspecified atom stereocenters. The maximum absolute atomic E-state index is 6.07. The number of aryl methyl sites for hydroxylation is 3. The van der Waals surface area contributed by atoms with Crippen molar-refractivity contribution < 1.29 is 0 Å². The highest BCUT2D eigenvalue weighted by Gasteiger charge is 2.12. The van der Waals surface area contributed by atoms with Gasteiger partial charge in [-0.2, -0.15) is 10.2 Å². The van der Waals surface area contributed by atoms with Crippen LogP contribution in [0.1, 0.15) is 30.3 Å². The van der Waals surface area contributed by atoms with Crippen LogP contribution in [0.25, 0.3) is 0 Å². The normalized spacial score (nSPS) is 10.9. The molecular formula is C13H22N6. The van der Waals surface area contributed by atoms with Crippen LogP contribution in [0, 0.1) is 13.8 Å². The SMILES string of the molecule is CCCn1nc(C)c(N)c1NCc1cnn(C)c1C. The minimum absolute atomic E-state index is 0.707. The molecule has 0 atom stereocenters. The van der Waals surface area contributed by atoms with Crippen molar-refractivity contribution in [1.82, 2.24) is 19.6 Å². The molecule has 0 saturated heterocycles. The lowest BCUT2D eigenvalue weighted by Crippen LogP contribution is -2.09. The molecule has 19 heavy (non-hydrogen) atoms. The van der Waals surface area contributed by atoms with E-state index in [-0.39, 0.29) is 0 Å². The highest BCUT2D eigenvalue weighted by atomic mass is 15.3. The zero-order chi connectivity index (χ0) is 14.0. The molecule has 0 aliphatic rings. The summed E-state index contributed by atoms with van der Waals surface area (Å²) < 4.78 is 3.81. The second-order valence-corrected chi connectivity index (χ2v) is 4.80. The average Bonchev–Trinajstić information content (AvgIpc) is 2.82. The van der Waals surface area contributed by atoms with Crippen molar-refractivity contribution in [2.24, 2.45) is 7.05 Å². The number of nitrogens with two attached hydrogens (primary N) is 1. The number of aromatic nitrogens is 4. The van der Waals surface area contributed by atoms with Crippen LogP contribution in [0.15, 0.2) is 6.20 Å². The number of nitrogen functional groups attached to an aromatic ring is 1. The Balaban J connectivity index is 2.17. The van der Waals surface area contributed by atoms with Gasteiger partial charge < -0.3 is 11.1 Å². The van der Waals surface area contributed by atoms with E-state index >= 15 is 0 Å². The zero-order valence-electron chi connectivity index (χ0n) is 12.1. The van der Waals surface area contributed by atoms with Crippen molar-refractivity contribution in [3.63, 3.8) is 0 Å². The molecule has 2 heterocycles. The third kappa shape index (κ3) is 2.57. The number of hydrogen-bond acceptors (Lipinski definition) is 4. The predicted octanol–water partition coefficient (Wildman–Crippen LogP) is 1.84. The van der Waals surface area contributed by atoms with Gasteiger partial charge in [-0.15, -0.1) is 0 Å². The number of nitrogens with zero attached hydrogens (tertiary/aromatic N) is 4. The molecule has 6 nitrogen and oxygen atoms in total. The van der Waals surface area contributed by atoms with Crippen molar-refractivity contribution in [2.45, 2.75) is 40.3 Å². The maximum atomic E-state index is 6.07. The standard InChI is InChI=1S/C13H22N6/c1-5-6-19-13(12(14)9(2)17-19)15-7-11-8-16-18(4)10(11)3/h8,15H,5-7,14H2,1-4H3. The Kier molecular flexibility index (Phi) is 3.78. The summed E-state index contributed by atoms with van der Waals surface area (Å²) in [7, 11) is 1.94. The zero-order valence-corrected chi connectivity index (χ0v) is 12.1. The van der Waals surface area contributed by atoms with Crippen LogP contribution in [0.2, 0.25) is 0 Å². The van der Waals surface area contributed by atoms with E-state index in [2.05, 4.69) is 29.4 Å². The van der Waals surface area contributed by atoms with Gasteiger partial charge in [0.25, 0.3) is 0 Å². The predicted molar refractivity (Wildman–Crippen MR) is 76.9 cm³/mol. The fourth-order valence-electron chi connectivity index (χ4n) is 2.05. The molecule has 0 saturated carbocycles. The minimum atomic E-state index is 0.707. The summed E-state index contributed by atoms with van der Waals surface area (Å²) in [5, 5.41) is 12.1. The molecule has 0 aliphatic carbocycles. The monoisotopic (exact) mass is 262 g/mol. The summed E-state index contributed by atoms with van der Waals surface area (Å²) in [6.45, 7) is 7.69. The van der Waals surface area contributed by atoms with Crippen LogP contribution in [-0.2, 0) is 20.1 Å². The molecule has 0 aromatic carbocycles. The van der Waals surface area contributed by atoms with Gasteiger partial charge in [-0.3, -0.25) is 4.68 Å². The van der Waals surface area contributed by atoms with E-state index in [0.717, 1.165) is 35.9 Å². The van der Waals surface area contributed by atoms with Crippen molar-refractivity contribution in [3.05, 3.63) is 23.1 Å². The first-order chi connectivity index (χ1) is 9.04. The van der Waals surface area contributed by atoms with Gasteiger partial charge in [0.15, 0.2) is 0 Å². The molecule has 2 rings (SSSR count). The Morgan fingerprint density at radius 2 is 2.11 bits per heavy atom. The summed E-state index contributed by atoms with van der Waals surface area (Å²) in [5.74, 6) is 0.905. The third-order valence-corrected chi connectivity index (χ3v) is 3.39. The largest absolute Gasteiger partial charge is 0.394 e. The van der Waals surface area contributed by atoms with Crippen molar-refractivity contribution in [1.29, 1.82) is 0 Å². The van der Waals surface area contributed by atoms with Gasteiger partial charge in [-0.25, -0.2) is 4.68 Å². The van der Waals surface area contributed by atoms with E-state index in [1.807, 2.05) is 29.5 Å². The topological polar surface area (TPSA) is 73.7 Å². The number of anilines is 2. The molecule has 0 spiro atoms. The van der Waals surface area contributed by atoms with E-state index in [1.54, 1.807) is 0 Å². The molecule has 0 bridgehead atoms. The Bertz CT molecular complexity index is 566. The second-order valence-electron chi connectivity index (χ2n) is 4.80. The Labute approximate surface area is 113 Å².